The molecule has 1 N–H and O–H groups in total. The van der Waals surface area contributed by atoms with Gasteiger partial charge in [-0.2, -0.15) is 0 Å². The summed E-state index contributed by atoms with van der Waals surface area (Å²) in [6, 6.07) is 6.61. The molecule has 0 fully saturated rings. The van der Waals surface area contributed by atoms with Crippen molar-refractivity contribution >= 4 is 29.3 Å². The van der Waals surface area contributed by atoms with E-state index in [2.05, 4.69) is 5.32 Å². The highest BCUT2D eigenvalue weighted by Crippen LogP contribution is 2.32. The number of halogens is 3. The second-order valence-electron chi connectivity index (χ2n) is 5.49. The Balaban J connectivity index is 2.24. The number of hydrogen-bond acceptors (Lipinski definition) is 4. The third-order valence-corrected chi connectivity index (χ3v) is 4.92. The molecule has 27 heavy (non-hydrogen) atoms. The molecular weight excluding hydrogens is 379 g/mol. The minimum Gasteiger partial charge on any atom is -0.465 e. The molecule has 2 rings (SSSR count). The fourth-order valence-electron chi connectivity index (χ4n) is 2.23. The smallest absolute Gasteiger partial charge is 0.319 e. The summed E-state index contributed by atoms with van der Waals surface area (Å²) in [6.07, 6.45) is 0.380. The number of amides is 1. The van der Waals surface area contributed by atoms with Crippen LogP contribution in [-0.2, 0) is 9.53 Å². The van der Waals surface area contributed by atoms with E-state index in [4.69, 9.17) is 4.74 Å². The van der Waals surface area contributed by atoms with Gasteiger partial charge in [-0.3, -0.25) is 9.59 Å². The summed E-state index contributed by atoms with van der Waals surface area (Å²) in [4.78, 5) is 24.1. The number of nitrogens with one attached hydrogen (secondary N) is 1. The number of thioether (sulfide) groups is 1. The lowest BCUT2D eigenvalue weighted by Gasteiger charge is -2.15. The van der Waals surface area contributed by atoms with E-state index in [1.165, 1.54) is 18.2 Å². The van der Waals surface area contributed by atoms with Gasteiger partial charge in [0.25, 0.3) is 5.91 Å². The summed E-state index contributed by atoms with van der Waals surface area (Å²) >= 11 is 0.884. The van der Waals surface area contributed by atoms with E-state index < -0.39 is 34.6 Å². The Bertz CT molecular complexity index is 845. The molecule has 1 atom stereocenters. The van der Waals surface area contributed by atoms with Gasteiger partial charge >= 0.3 is 5.97 Å². The maximum absolute atomic E-state index is 14.1. The maximum atomic E-state index is 14.1. The molecule has 0 heterocycles. The van der Waals surface area contributed by atoms with Crippen LogP contribution in [0.2, 0.25) is 0 Å². The van der Waals surface area contributed by atoms with E-state index in [9.17, 15) is 22.8 Å². The molecule has 1 amide bonds. The number of carbonyl (C=O) groups is 2. The van der Waals surface area contributed by atoms with E-state index >= 15 is 0 Å². The Morgan fingerprint density at radius 2 is 1.85 bits per heavy atom. The number of esters is 1. The molecule has 8 heteroatoms. The second-order valence-corrected chi connectivity index (χ2v) is 6.74. The summed E-state index contributed by atoms with van der Waals surface area (Å²) in [7, 11) is 0. The van der Waals surface area contributed by atoms with Crippen LogP contribution in [0.15, 0.2) is 41.3 Å². The lowest BCUT2D eigenvalue weighted by Crippen LogP contribution is -2.19. The third kappa shape index (κ3) is 5.50. The molecule has 0 bridgehead atoms. The second kappa shape index (κ2) is 9.45. The zero-order valence-corrected chi connectivity index (χ0v) is 15.5. The zero-order chi connectivity index (χ0) is 20.0. The molecule has 0 aromatic heterocycles. The van der Waals surface area contributed by atoms with Crippen molar-refractivity contribution in [1.29, 1.82) is 0 Å². The first kappa shape index (κ1) is 20.8. The van der Waals surface area contributed by atoms with E-state index in [1.54, 1.807) is 13.8 Å². The van der Waals surface area contributed by atoms with Crippen molar-refractivity contribution < 1.29 is 27.5 Å². The summed E-state index contributed by atoms with van der Waals surface area (Å²) in [5.74, 6) is -3.69. The average molecular weight is 397 g/mol. The summed E-state index contributed by atoms with van der Waals surface area (Å²) < 4.78 is 46.3. The third-order valence-electron chi connectivity index (χ3n) is 3.55. The van der Waals surface area contributed by atoms with Gasteiger partial charge in [0.05, 0.1) is 12.3 Å². The fourth-order valence-corrected chi connectivity index (χ4v) is 3.22. The number of anilines is 1. The van der Waals surface area contributed by atoms with Gasteiger partial charge in [0.2, 0.25) is 0 Å². The van der Waals surface area contributed by atoms with Crippen LogP contribution in [0.25, 0.3) is 0 Å². The van der Waals surface area contributed by atoms with Gasteiger partial charge in [0.1, 0.15) is 22.7 Å². The van der Waals surface area contributed by atoms with Crippen LogP contribution in [0, 0.1) is 17.5 Å². The minimum atomic E-state index is -0.981. The van der Waals surface area contributed by atoms with Gasteiger partial charge in [-0.05, 0) is 37.6 Å². The van der Waals surface area contributed by atoms with Gasteiger partial charge in [-0.15, -0.1) is 11.8 Å². The Morgan fingerprint density at radius 1 is 1.11 bits per heavy atom. The normalized spacial score (nSPS) is 11.7. The van der Waals surface area contributed by atoms with Crippen LogP contribution >= 0.6 is 11.8 Å². The molecule has 2 aromatic rings. The number of hydrogen-bond donors (Lipinski definition) is 1. The van der Waals surface area contributed by atoms with Gasteiger partial charge in [-0.25, -0.2) is 13.2 Å². The molecular formula is C19H18F3NO3S. The molecule has 0 aliphatic rings. The van der Waals surface area contributed by atoms with Gasteiger partial charge in [-0.1, -0.05) is 13.0 Å². The van der Waals surface area contributed by atoms with Crippen molar-refractivity contribution in [2.45, 2.75) is 30.4 Å². The fraction of sp³-hybridized carbons (Fsp3) is 0.263. The molecule has 0 aliphatic carbocycles. The molecule has 0 radical (unpaired) electrons. The number of ether oxygens (including phenoxy) is 1. The standard InChI is InChI=1S/C19H18F3NO3S/c1-3-16(19(25)26-4-2)27-17-10-15(13(21)9-14(17)22)23-18(24)11-6-5-7-12(20)8-11/h5-10,16H,3-4H2,1-2H3,(H,23,24). The van der Waals surface area contributed by atoms with Gasteiger partial charge in [0, 0.05) is 16.5 Å². The molecule has 2 aromatic carbocycles. The van der Waals surface area contributed by atoms with Gasteiger partial charge in [0.15, 0.2) is 0 Å². The Morgan fingerprint density at radius 3 is 2.48 bits per heavy atom. The molecule has 0 spiro atoms. The highest BCUT2D eigenvalue weighted by molar-refractivity contribution is 8.00. The van der Waals surface area contributed by atoms with Crippen molar-refractivity contribution in [3.8, 4) is 0 Å². The Labute approximate surface area is 159 Å². The first-order chi connectivity index (χ1) is 12.8. The van der Waals surface area contributed by atoms with Crippen LogP contribution in [-0.4, -0.2) is 23.7 Å². The summed E-state index contributed by atoms with van der Waals surface area (Å²) in [6.45, 7) is 3.59. The van der Waals surface area contributed by atoms with E-state index in [0.717, 1.165) is 23.9 Å². The van der Waals surface area contributed by atoms with Crippen molar-refractivity contribution in [2.75, 3.05) is 11.9 Å². The maximum Gasteiger partial charge on any atom is 0.319 e. The minimum absolute atomic E-state index is 0.00844. The summed E-state index contributed by atoms with van der Waals surface area (Å²) in [5.41, 5.74) is -0.280. The molecule has 4 nitrogen and oxygen atoms in total. The average Bonchev–Trinajstić information content (AvgIpc) is 2.63. The lowest BCUT2D eigenvalue weighted by atomic mass is 10.2. The van der Waals surface area contributed by atoms with Crippen LogP contribution in [0.3, 0.4) is 0 Å². The first-order valence-electron chi connectivity index (χ1n) is 8.25. The highest BCUT2D eigenvalue weighted by atomic mass is 32.2. The van der Waals surface area contributed by atoms with E-state index in [1.807, 2.05) is 0 Å². The predicted octanol–water partition coefficient (Wildman–Crippen LogP) is 4.79. The van der Waals surface area contributed by atoms with Crippen molar-refractivity contribution in [2.24, 2.45) is 0 Å². The van der Waals surface area contributed by atoms with Crippen LogP contribution in [0.1, 0.15) is 30.6 Å². The van der Waals surface area contributed by atoms with E-state index in [-0.39, 0.29) is 22.8 Å². The van der Waals surface area contributed by atoms with Crippen molar-refractivity contribution in [3.63, 3.8) is 0 Å². The number of benzene rings is 2. The van der Waals surface area contributed by atoms with Crippen molar-refractivity contribution in [1.82, 2.24) is 0 Å². The van der Waals surface area contributed by atoms with E-state index in [0.29, 0.717) is 12.5 Å². The molecule has 0 saturated heterocycles. The predicted molar refractivity (Wildman–Crippen MR) is 97.3 cm³/mol. The summed E-state index contributed by atoms with van der Waals surface area (Å²) in [5, 5.41) is 1.62. The quantitative estimate of drug-likeness (QED) is 0.539. The van der Waals surface area contributed by atoms with Crippen LogP contribution in [0.5, 0.6) is 0 Å². The number of rotatable bonds is 7. The Kier molecular flexibility index (Phi) is 7.29. The largest absolute Gasteiger partial charge is 0.465 e. The Hall–Kier alpha value is -2.48. The molecule has 144 valence electrons. The van der Waals surface area contributed by atoms with Crippen LogP contribution < -0.4 is 5.32 Å². The molecule has 0 aliphatic heterocycles. The number of carbonyl (C=O) groups excluding carboxylic acids is 2. The highest BCUT2D eigenvalue weighted by Gasteiger charge is 2.22. The van der Waals surface area contributed by atoms with Gasteiger partial charge < -0.3 is 10.1 Å². The SMILES string of the molecule is CCOC(=O)C(CC)Sc1cc(NC(=O)c2cccc(F)c2)c(F)cc1F. The van der Waals surface area contributed by atoms with Crippen LogP contribution in [0.4, 0.5) is 18.9 Å². The van der Waals surface area contributed by atoms with Crippen molar-refractivity contribution in [3.05, 3.63) is 59.4 Å². The first-order valence-corrected chi connectivity index (χ1v) is 9.12. The monoisotopic (exact) mass is 397 g/mol. The zero-order valence-electron chi connectivity index (χ0n) is 14.7. The molecule has 0 saturated carbocycles. The lowest BCUT2D eigenvalue weighted by molar-refractivity contribution is -0.142. The molecule has 1 unspecified atom stereocenters. The topological polar surface area (TPSA) is 55.4 Å².